The minimum atomic E-state index is -3.80. The summed E-state index contributed by atoms with van der Waals surface area (Å²) in [5.74, 6) is -0.995. The predicted octanol–water partition coefficient (Wildman–Crippen LogP) is 3.76. The molecule has 0 spiro atoms. The van der Waals surface area contributed by atoms with Crippen molar-refractivity contribution < 1.29 is 27.5 Å². The van der Waals surface area contributed by atoms with E-state index in [2.05, 4.69) is 15.5 Å². The highest BCUT2D eigenvalue weighted by atomic mass is 35.5. The van der Waals surface area contributed by atoms with Gasteiger partial charge in [0.1, 0.15) is 0 Å². The summed E-state index contributed by atoms with van der Waals surface area (Å²) < 4.78 is 37.8. The summed E-state index contributed by atoms with van der Waals surface area (Å²) in [5, 5.41) is 3.95. The molecule has 1 N–H and O–H groups in total. The second kappa shape index (κ2) is 12.4. The van der Waals surface area contributed by atoms with Crippen molar-refractivity contribution in [1.82, 2.24) is 14.7 Å². The summed E-state index contributed by atoms with van der Waals surface area (Å²) in [7, 11) is -2.41. The Kier molecular flexibility index (Phi) is 9.34. The van der Waals surface area contributed by atoms with Crippen molar-refractivity contribution in [3.05, 3.63) is 82.6 Å². The van der Waals surface area contributed by atoms with Gasteiger partial charge < -0.3 is 9.47 Å². The van der Waals surface area contributed by atoms with Crippen LogP contribution in [0.25, 0.3) is 0 Å². The molecule has 37 heavy (non-hydrogen) atoms. The number of carbonyl (C=O) groups excluding carboxylic acids is 2. The monoisotopic (exact) mass is 544 g/mol. The number of sulfonamides is 1. The Morgan fingerprint density at radius 1 is 1.11 bits per heavy atom. The molecule has 1 amide bonds. The van der Waals surface area contributed by atoms with Gasteiger partial charge in [-0.15, -0.1) is 0 Å². The molecule has 0 bridgehead atoms. The zero-order chi connectivity index (χ0) is 27.0. The van der Waals surface area contributed by atoms with Crippen LogP contribution in [0.4, 0.5) is 0 Å². The lowest BCUT2D eigenvalue weighted by molar-refractivity contribution is 0.0729. The van der Waals surface area contributed by atoms with Gasteiger partial charge in [0.2, 0.25) is 10.0 Å². The third kappa shape index (κ3) is 6.70. The number of methoxy groups -OCH3 is 1. The van der Waals surface area contributed by atoms with Gasteiger partial charge in [0, 0.05) is 25.5 Å². The Labute approximate surface area is 219 Å². The molecule has 12 heteroatoms. The van der Waals surface area contributed by atoms with Crippen LogP contribution in [0.15, 0.2) is 70.9 Å². The van der Waals surface area contributed by atoms with Crippen LogP contribution in [0.2, 0.25) is 5.02 Å². The van der Waals surface area contributed by atoms with Crippen LogP contribution < -0.4 is 14.9 Å². The van der Waals surface area contributed by atoms with E-state index in [9.17, 15) is 18.0 Å². The first kappa shape index (κ1) is 27.8. The Morgan fingerprint density at radius 2 is 1.86 bits per heavy atom. The summed E-state index contributed by atoms with van der Waals surface area (Å²) in [6.07, 6.45) is 4.36. The van der Waals surface area contributed by atoms with Gasteiger partial charge in [-0.05, 0) is 54.1 Å². The number of nitrogens with one attached hydrogen (secondary N) is 1. The van der Waals surface area contributed by atoms with Gasteiger partial charge in [0.15, 0.2) is 11.5 Å². The van der Waals surface area contributed by atoms with Gasteiger partial charge >= 0.3 is 5.97 Å². The summed E-state index contributed by atoms with van der Waals surface area (Å²) >= 11 is 6.18. The molecule has 10 nitrogen and oxygen atoms in total. The smallest absolute Gasteiger partial charge is 0.345 e. The number of carbonyl (C=O) groups is 2. The minimum Gasteiger partial charge on any atom is -0.493 e. The number of pyridine rings is 1. The molecule has 0 fully saturated rings. The third-order valence-corrected chi connectivity index (χ3v) is 7.57. The lowest BCUT2D eigenvalue weighted by Crippen LogP contribution is -2.30. The van der Waals surface area contributed by atoms with Crippen molar-refractivity contribution in [2.75, 3.05) is 20.2 Å². The highest BCUT2D eigenvalue weighted by Crippen LogP contribution is 2.30. The van der Waals surface area contributed by atoms with Crippen LogP contribution in [0, 0.1) is 0 Å². The van der Waals surface area contributed by atoms with Crippen LogP contribution in [0.3, 0.4) is 0 Å². The van der Waals surface area contributed by atoms with Crippen molar-refractivity contribution >= 4 is 39.7 Å². The molecule has 1 aromatic heterocycles. The van der Waals surface area contributed by atoms with Crippen molar-refractivity contribution in [1.29, 1.82) is 0 Å². The molecule has 2 aromatic carbocycles. The standard InChI is InChI=1S/C25H25ClN4O6S/c1-4-30(5-2)37(33,34)19-9-10-21(26)20(14-19)25(32)36-22-11-8-17(13-23(22)35-3)15-28-29-24(31)18-7-6-12-27-16-18/h6-16H,4-5H2,1-3H3,(H,29,31)/b28-15+. The van der Waals surface area contributed by atoms with Crippen LogP contribution in [-0.4, -0.2) is 56.0 Å². The van der Waals surface area contributed by atoms with Gasteiger partial charge in [-0.2, -0.15) is 9.41 Å². The Balaban J connectivity index is 1.78. The highest BCUT2D eigenvalue weighted by molar-refractivity contribution is 7.89. The van der Waals surface area contributed by atoms with Crippen molar-refractivity contribution in [2.24, 2.45) is 5.10 Å². The average molecular weight is 545 g/mol. The molecular formula is C25H25ClN4O6S. The van der Waals surface area contributed by atoms with Crippen LogP contribution in [0.1, 0.15) is 40.1 Å². The van der Waals surface area contributed by atoms with E-state index in [1.54, 1.807) is 44.3 Å². The molecule has 0 radical (unpaired) electrons. The van der Waals surface area contributed by atoms with E-state index in [1.165, 1.54) is 48.1 Å². The summed E-state index contributed by atoms with van der Waals surface area (Å²) in [6.45, 7) is 4.01. The van der Waals surface area contributed by atoms with Gasteiger partial charge in [0.05, 0.1) is 34.4 Å². The maximum Gasteiger partial charge on any atom is 0.345 e. The van der Waals surface area contributed by atoms with E-state index in [4.69, 9.17) is 21.1 Å². The molecule has 0 aliphatic carbocycles. The topological polar surface area (TPSA) is 127 Å². The summed E-state index contributed by atoms with van der Waals surface area (Å²) in [5.41, 5.74) is 3.18. The van der Waals surface area contributed by atoms with Crippen LogP contribution in [-0.2, 0) is 10.0 Å². The number of nitrogens with zero attached hydrogens (tertiary/aromatic N) is 3. The Bertz CT molecular complexity index is 1410. The molecule has 0 aliphatic rings. The first-order valence-electron chi connectivity index (χ1n) is 11.1. The molecule has 0 unspecified atom stereocenters. The van der Waals surface area contributed by atoms with Crippen molar-refractivity contribution in [3.8, 4) is 11.5 Å². The number of hydrogen-bond acceptors (Lipinski definition) is 8. The molecular weight excluding hydrogens is 520 g/mol. The van der Waals surface area contributed by atoms with Crippen molar-refractivity contribution in [2.45, 2.75) is 18.7 Å². The molecule has 194 valence electrons. The molecule has 0 aliphatic heterocycles. The van der Waals surface area contributed by atoms with E-state index in [0.717, 1.165) is 0 Å². The van der Waals surface area contributed by atoms with Gasteiger partial charge in [-0.25, -0.2) is 18.6 Å². The number of benzene rings is 2. The van der Waals surface area contributed by atoms with E-state index < -0.39 is 21.9 Å². The number of rotatable bonds is 10. The zero-order valence-electron chi connectivity index (χ0n) is 20.3. The quantitative estimate of drug-likeness (QED) is 0.178. The van der Waals surface area contributed by atoms with Gasteiger partial charge in [0.25, 0.3) is 5.91 Å². The van der Waals surface area contributed by atoms with Crippen molar-refractivity contribution in [3.63, 3.8) is 0 Å². The summed E-state index contributed by atoms with van der Waals surface area (Å²) in [4.78, 5) is 28.8. The lowest BCUT2D eigenvalue weighted by Gasteiger charge is -2.19. The minimum absolute atomic E-state index is 0.0376. The second-order valence-corrected chi connectivity index (χ2v) is 9.82. The Hall–Kier alpha value is -3.80. The number of amides is 1. The Morgan fingerprint density at radius 3 is 2.51 bits per heavy atom. The second-order valence-electron chi connectivity index (χ2n) is 7.47. The van der Waals surface area contributed by atoms with Crippen LogP contribution in [0.5, 0.6) is 11.5 Å². The first-order chi connectivity index (χ1) is 17.7. The SMILES string of the molecule is CCN(CC)S(=O)(=O)c1ccc(Cl)c(C(=O)Oc2ccc(/C=N/NC(=O)c3cccnc3)cc2OC)c1. The van der Waals surface area contributed by atoms with E-state index in [-0.39, 0.29) is 40.1 Å². The van der Waals surface area contributed by atoms with Gasteiger partial charge in [-0.3, -0.25) is 9.78 Å². The fraction of sp³-hybridized carbons (Fsp3) is 0.200. The van der Waals surface area contributed by atoms with E-state index in [1.807, 2.05) is 0 Å². The lowest BCUT2D eigenvalue weighted by atomic mass is 10.2. The first-order valence-corrected chi connectivity index (χ1v) is 13.0. The summed E-state index contributed by atoms with van der Waals surface area (Å²) in [6, 6.07) is 11.7. The highest BCUT2D eigenvalue weighted by Gasteiger charge is 2.25. The number of halogens is 1. The number of ether oxygens (including phenoxy) is 2. The number of hydrogen-bond donors (Lipinski definition) is 1. The molecule has 0 saturated heterocycles. The maximum atomic E-state index is 12.9. The molecule has 3 aromatic rings. The third-order valence-electron chi connectivity index (χ3n) is 5.19. The molecule has 3 rings (SSSR count). The number of hydrazone groups is 1. The maximum absolute atomic E-state index is 12.9. The zero-order valence-corrected chi connectivity index (χ0v) is 21.9. The molecule has 0 saturated carbocycles. The number of aromatic nitrogens is 1. The van der Waals surface area contributed by atoms with Gasteiger partial charge in [-0.1, -0.05) is 25.4 Å². The molecule has 0 atom stereocenters. The average Bonchev–Trinajstić information content (AvgIpc) is 2.90. The normalized spacial score (nSPS) is 11.5. The van der Waals surface area contributed by atoms with E-state index >= 15 is 0 Å². The fourth-order valence-electron chi connectivity index (χ4n) is 3.26. The number of esters is 1. The fourth-order valence-corrected chi connectivity index (χ4v) is 4.94. The van der Waals surface area contributed by atoms with E-state index in [0.29, 0.717) is 11.1 Å². The largest absolute Gasteiger partial charge is 0.493 e. The predicted molar refractivity (Wildman–Crippen MR) is 139 cm³/mol. The molecule has 1 heterocycles. The van der Waals surface area contributed by atoms with Crippen LogP contribution >= 0.6 is 11.6 Å².